The first-order valence-corrected chi connectivity index (χ1v) is 7.11. The highest BCUT2D eigenvalue weighted by molar-refractivity contribution is 5.38. The zero-order valence-corrected chi connectivity index (χ0v) is 11.3. The number of nitrogens with zero attached hydrogens (tertiary/aromatic N) is 2. The maximum atomic E-state index is 13.1. The molecule has 20 heavy (non-hydrogen) atoms. The van der Waals surface area contributed by atoms with Crippen molar-refractivity contribution in [3.63, 3.8) is 0 Å². The van der Waals surface area contributed by atoms with Crippen LogP contribution in [-0.4, -0.2) is 22.5 Å². The molecule has 4 nitrogen and oxygen atoms in total. The van der Waals surface area contributed by atoms with Crippen LogP contribution in [0.5, 0.6) is 0 Å². The monoisotopic (exact) mass is 275 g/mol. The van der Waals surface area contributed by atoms with Gasteiger partial charge in [-0.1, -0.05) is 0 Å². The Hall–Kier alpha value is -1.75. The molecule has 0 atom stereocenters. The first-order valence-electron chi connectivity index (χ1n) is 7.11. The van der Waals surface area contributed by atoms with E-state index in [0.29, 0.717) is 11.6 Å². The number of pyridine rings is 1. The van der Waals surface area contributed by atoms with Crippen molar-refractivity contribution in [2.45, 2.75) is 25.7 Å². The Bertz CT molecular complexity index is 662. The van der Waals surface area contributed by atoms with Crippen molar-refractivity contribution in [1.29, 1.82) is 0 Å². The second-order valence-corrected chi connectivity index (χ2v) is 5.39. The number of hydrogen-bond acceptors (Lipinski definition) is 3. The molecular weight excluding hydrogens is 257 g/mol. The minimum Gasteiger partial charge on any atom is -0.317 e. The molecule has 106 valence electrons. The van der Waals surface area contributed by atoms with Crippen LogP contribution >= 0.6 is 0 Å². The summed E-state index contributed by atoms with van der Waals surface area (Å²) in [4.78, 5) is 16.4. The Labute approximate surface area is 116 Å². The van der Waals surface area contributed by atoms with Gasteiger partial charge in [0.2, 0.25) is 0 Å². The van der Waals surface area contributed by atoms with E-state index in [0.717, 1.165) is 31.6 Å². The molecular formula is C15H18FN3O. The molecule has 3 heterocycles. The van der Waals surface area contributed by atoms with E-state index in [1.165, 1.54) is 35.6 Å². The third-order valence-corrected chi connectivity index (χ3v) is 3.94. The Morgan fingerprint density at radius 3 is 2.95 bits per heavy atom. The lowest BCUT2D eigenvalue weighted by atomic mass is 9.92. The second-order valence-electron chi connectivity index (χ2n) is 5.39. The summed E-state index contributed by atoms with van der Waals surface area (Å²) >= 11 is 0. The molecule has 0 spiro atoms. The molecule has 5 heteroatoms. The van der Waals surface area contributed by atoms with Gasteiger partial charge in [-0.15, -0.1) is 0 Å². The lowest BCUT2D eigenvalue weighted by Crippen LogP contribution is -2.28. The number of piperidine rings is 1. The molecule has 1 aliphatic heterocycles. The molecule has 2 aromatic rings. The van der Waals surface area contributed by atoms with E-state index in [9.17, 15) is 9.18 Å². The highest BCUT2D eigenvalue weighted by atomic mass is 19.1. The first-order chi connectivity index (χ1) is 9.72. The van der Waals surface area contributed by atoms with Crippen LogP contribution in [0.25, 0.3) is 5.65 Å². The normalized spacial score (nSPS) is 16.6. The summed E-state index contributed by atoms with van der Waals surface area (Å²) in [6.07, 6.45) is 5.44. The Balaban J connectivity index is 1.78. The third-order valence-electron chi connectivity index (χ3n) is 3.94. The summed E-state index contributed by atoms with van der Waals surface area (Å²) in [6, 6.07) is 4.40. The van der Waals surface area contributed by atoms with Gasteiger partial charge < -0.3 is 5.32 Å². The van der Waals surface area contributed by atoms with Gasteiger partial charge in [-0.05, 0) is 56.8 Å². The highest BCUT2D eigenvalue weighted by Crippen LogP contribution is 2.18. The van der Waals surface area contributed by atoms with Crippen LogP contribution in [0.3, 0.4) is 0 Å². The van der Waals surface area contributed by atoms with Crippen molar-refractivity contribution in [1.82, 2.24) is 14.7 Å². The first kappa shape index (κ1) is 13.2. The van der Waals surface area contributed by atoms with Crippen molar-refractivity contribution in [2.24, 2.45) is 5.92 Å². The van der Waals surface area contributed by atoms with E-state index in [4.69, 9.17) is 0 Å². The zero-order valence-electron chi connectivity index (χ0n) is 11.3. The topological polar surface area (TPSA) is 46.4 Å². The number of nitrogens with one attached hydrogen (secondary N) is 1. The summed E-state index contributed by atoms with van der Waals surface area (Å²) in [5.41, 5.74) is 1.11. The molecule has 0 amide bonds. The summed E-state index contributed by atoms with van der Waals surface area (Å²) in [5, 5.41) is 3.35. The van der Waals surface area contributed by atoms with E-state index >= 15 is 0 Å². The van der Waals surface area contributed by atoms with E-state index in [1.807, 2.05) is 0 Å². The fraction of sp³-hybridized carbons (Fsp3) is 0.467. The van der Waals surface area contributed by atoms with Gasteiger partial charge >= 0.3 is 0 Å². The van der Waals surface area contributed by atoms with Crippen molar-refractivity contribution >= 4 is 5.65 Å². The van der Waals surface area contributed by atoms with Crippen LogP contribution in [0.15, 0.2) is 29.2 Å². The molecule has 2 aromatic heterocycles. The van der Waals surface area contributed by atoms with E-state index < -0.39 is 5.82 Å². The average molecular weight is 275 g/mol. The molecule has 1 N–H and O–H groups in total. The lowest BCUT2D eigenvalue weighted by Gasteiger charge is -2.22. The summed E-state index contributed by atoms with van der Waals surface area (Å²) < 4.78 is 14.4. The standard InChI is InChI=1S/C15H18FN3O/c16-12-2-4-14-18-13(9-15(20)19(14)10-12)3-1-11-5-7-17-8-6-11/h2,4,9-11,17H,1,3,5-8H2. The second kappa shape index (κ2) is 5.71. The van der Waals surface area contributed by atoms with Crippen LogP contribution in [0.2, 0.25) is 0 Å². The smallest absolute Gasteiger partial charge is 0.258 e. The minimum atomic E-state index is -0.427. The van der Waals surface area contributed by atoms with Gasteiger partial charge in [0.1, 0.15) is 11.5 Å². The molecule has 0 bridgehead atoms. The van der Waals surface area contributed by atoms with Gasteiger partial charge in [-0.3, -0.25) is 9.20 Å². The van der Waals surface area contributed by atoms with Gasteiger partial charge in [-0.2, -0.15) is 0 Å². The van der Waals surface area contributed by atoms with Gasteiger partial charge in [0.25, 0.3) is 5.56 Å². The van der Waals surface area contributed by atoms with Crippen LogP contribution in [0, 0.1) is 11.7 Å². The lowest BCUT2D eigenvalue weighted by molar-refractivity contribution is 0.353. The van der Waals surface area contributed by atoms with Crippen molar-refractivity contribution in [3.8, 4) is 0 Å². The van der Waals surface area contributed by atoms with Crippen LogP contribution < -0.4 is 10.9 Å². The van der Waals surface area contributed by atoms with E-state index in [1.54, 1.807) is 6.07 Å². The van der Waals surface area contributed by atoms with Crippen molar-refractivity contribution in [3.05, 3.63) is 46.3 Å². The van der Waals surface area contributed by atoms with E-state index in [-0.39, 0.29) is 5.56 Å². The average Bonchev–Trinajstić information content (AvgIpc) is 2.47. The Morgan fingerprint density at radius 2 is 2.15 bits per heavy atom. The predicted molar refractivity (Wildman–Crippen MR) is 75.3 cm³/mol. The van der Waals surface area contributed by atoms with Crippen molar-refractivity contribution in [2.75, 3.05) is 13.1 Å². The van der Waals surface area contributed by atoms with Gasteiger partial charge in [0.15, 0.2) is 0 Å². The van der Waals surface area contributed by atoms with Gasteiger partial charge in [-0.25, -0.2) is 9.37 Å². The number of hydrogen-bond donors (Lipinski definition) is 1. The Kier molecular flexibility index (Phi) is 3.78. The minimum absolute atomic E-state index is 0.213. The molecule has 0 saturated carbocycles. The van der Waals surface area contributed by atoms with Crippen molar-refractivity contribution < 1.29 is 4.39 Å². The number of aryl methyl sites for hydroxylation is 1. The van der Waals surface area contributed by atoms with Crippen LogP contribution in [0.1, 0.15) is 25.0 Å². The number of halogens is 1. The molecule has 1 saturated heterocycles. The molecule has 0 aliphatic carbocycles. The van der Waals surface area contributed by atoms with Gasteiger partial charge in [0, 0.05) is 18.0 Å². The molecule has 1 aliphatic rings. The van der Waals surface area contributed by atoms with E-state index in [2.05, 4.69) is 10.3 Å². The number of fused-ring (bicyclic) bond motifs is 1. The predicted octanol–water partition coefficient (Wildman–Crippen LogP) is 1.77. The maximum absolute atomic E-state index is 13.1. The zero-order chi connectivity index (χ0) is 13.9. The number of aromatic nitrogens is 2. The fourth-order valence-corrected chi connectivity index (χ4v) is 2.78. The quantitative estimate of drug-likeness (QED) is 0.928. The fourth-order valence-electron chi connectivity index (χ4n) is 2.78. The molecule has 0 radical (unpaired) electrons. The largest absolute Gasteiger partial charge is 0.317 e. The molecule has 0 unspecified atom stereocenters. The van der Waals surface area contributed by atoms with Crippen LogP contribution in [0.4, 0.5) is 4.39 Å². The SMILES string of the molecule is O=c1cc(CCC2CCNCC2)nc2ccc(F)cn12. The molecule has 3 rings (SSSR count). The summed E-state index contributed by atoms with van der Waals surface area (Å²) in [6.45, 7) is 2.16. The number of rotatable bonds is 3. The summed E-state index contributed by atoms with van der Waals surface area (Å²) in [5.74, 6) is 0.286. The van der Waals surface area contributed by atoms with Crippen LogP contribution in [-0.2, 0) is 6.42 Å². The molecule has 1 fully saturated rings. The molecule has 0 aromatic carbocycles. The Morgan fingerprint density at radius 1 is 1.35 bits per heavy atom. The maximum Gasteiger partial charge on any atom is 0.258 e. The summed E-state index contributed by atoms with van der Waals surface area (Å²) in [7, 11) is 0. The highest BCUT2D eigenvalue weighted by Gasteiger charge is 2.13. The van der Waals surface area contributed by atoms with Gasteiger partial charge in [0.05, 0.1) is 0 Å². The third kappa shape index (κ3) is 2.88.